The number of benzene rings is 2. The largest absolute Gasteiger partial charge is 0.426 e. The summed E-state index contributed by atoms with van der Waals surface area (Å²) in [6.45, 7) is 0.113. The van der Waals surface area contributed by atoms with E-state index in [4.69, 9.17) is 32.5 Å². The summed E-state index contributed by atoms with van der Waals surface area (Å²) in [7, 11) is 4.24. The number of carbonyl (C=O) groups excluding carboxylic acids is 2. The molecule has 2 N–H and O–H groups in total. The highest BCUT2D eigenvalue weighted by Crippen LogP contribution is 2.37. The van der Waals surface area contributed by atoms with Gasteiger partial charge in [0.05, 0.1) is 0 Å². The van der Waals surface area contributed by atoms with E-state index in [1.165, 1.54) is 5.56 Å². The molecule has 1 unspecified atom stereocenters. The first-order valence-electron chi connectivity index (χ1n) is 12.5. The van der Waals surface area contributed by atoms with Gasteiger partial charge in [0.2, 0.25) is 11.7 Å². The van der Waals surface area contributed by atoms with Crippen LogP contribution in [0.1, 0.15) is 43.7 Å². The van der Waals surface area contributed by atoms with Gasteiger partial charge in [-0.05, 0) is 69.5 Å². The summed E-state index contributed by atoms with van der Waals surface area (Å²) in [4.78, 5) is 30.8. The second-order valence-electron chi connectivity index (χ2n) is 9.61. The predicted octanol–water partition coefficient (Wildman–Crippen LogP) is 5.50. The number of halogens is 2. The van der Waals surface area contributed by atoms with E-state index >= 15 is 0 Å². The van der Waals surface area contributed by atoms with Crippen molar-refractivity contribution < 1.29 is 18.8 Å². The van der Waals surface area contributed by atoms with Gasteiger partial charge in [-0.2, -0.15) is 4.98 Å². The SMILES string of the molecule is CN(C)C(c1ccccc1)C1CCC(NC(=O)CCNC(=O)Oc2nc(-c3cc(Cl)cc(Cl)c3)no2)CC1. The number of aromatic nitrogens is 2. The summed E-state index contributed by atoms with van der Waals surface area (Å²) in [5, 5.41) is 10.2. The average molecular weight is 560 g/mol. The number of nitrogens with one attached hydrogen (secondary N) is 2. The minimum atomic E-state index is -0.798. The number of amides is 2. The van der Waals surface area contributed by atoms with Crippen LogP contribution in [0, 0.1) is 5.92 Å². The van der Waals surface area contributed by atoms with Crippen LogP contribution in [0.5, 0.6) is 6.08 Å². The Morgan fingerprint density at radius 3 is 2.42 bits per heavy atom. The summed E-state index contributed by atoms with van der Waals surface area (Å²) in [5.41, 5.74) is 1.85. The minimum Gasteiger partial charge on any atom is -0.359 e. The molecule has 1 heterocycles. The Morgan fingerprint density at radius 2 is 1.76 bits per heavy atom. The lowest BCUT2D eigenvalue weighted by Gasteiger charge is -2.37. The zero-order valence-corrected chi connectivity index (χ0v) is 22.8. The van der Waals surface area contributed by atoms with Crippen LogP contribution in [0.3, 0.4) is 0 Å². The van der Waals surface area contributed by atoms with Crippen LogP contribution >= 0.6 is 23.2 Å². The number of rotatable bonds is 9. The van der Waals surface area contributed by atoms with Gasteiger partial charge in [0.15, 0.2) is 0 Å². The van der Waals surface area contributed by atoms with E-state index < -0.39 is 6.09 Å². The fourth-order valence-corrected chi connectivity index (χ4v) is 5.49. The molecule has 1 atom stereocenters. The van der Waals surface area contributed by atoms with Crippen molar-refractivity contribution in [2.75, 3.05) is 20.6 Å². The molecule has 38 heavy (non-hydrogen) atoms. The molecule has 3 aromatic rings. The molecule has 1 aromatic heterocycles. The van der Waals surface area contributed by atoms with Crippen molar-refractivity contribution in [3.63, 3.8) is 0 Å². The fraction of sp³-hybridized carbons (Fsp3) is 0.407. The summed E-state index contributed by atoms with van der Waals surface area (Å²) in [6, 6.07) is 15.9. The lowest BCUT2D eigenvalue weighted by atomic mass is 9.78. The van der Waals surface area contributed by atoms with Crippen molar-refractivity contribution in [1.82, 2.24) is 25.7 Å². The normalized spacial score (nSPS) is 18.1. The average Bonchev–Trinajstić information content (AvgIpc) is 3.33. The molecular weight excluding hydrogens is 529 g/mol. The summed E-state index contributed by atoms with van der Waals surface area (Å²) in [6.07, 6.45) is 2.95. The highest BCUT2D eigenvalue weighted by Gasteiger charge is 2.30. The maximum absolute atomic E-state index is 12.4. The first-order chi connectivity index (χ1) is 18.3. The molecule has 1 fully saturated rings. The summed E-state index contributed by atoms with van der Waals surface area (Å²) in [5.74, 6) is 0.601. The molecule has 2 amide bonds. The molecule has 0 radical (unpaired) electrons. The quantitative estimate of drug-likeness (QED) is 0.356. The lowest BCUT2D eigenvalue weighted by molar-refractivity contribution is -0.122. The first kappa shape index (κ1) is 27.9. The maximum Gasteiger partial charge on any atom is 0.426 e. The molecule has 0 bridgehead atoms. The molecule has 0 aliphatic heterocycles. The molecular formula is C27H31Cl2N5O4. The van der Waals surface area contributed by atoms with E-state index in [0.29, 0.717) is 27.6 Å². The third-order valence-electron chi connectivity index (χ3n) is 6.61. The van der Waals surface area contributed by atoms with E-state index in [2.05, 4.69) is 64.0 Å². The van der Waals surface area contributed by atoms with Gasteiger partial charge in [0, 0.05) is 40.7 Å². The molecule has 1 aliphatic carbocycles. The van der Waals surface area contributed by atoms with Crippen molar-refractivity contribution in [2.24, 2.45) is 5.92 Å². The van der Waals surface area contributed by atoms with E-state index in [1.807, 2.05) is 6.07 Å². The van der Waals surface area contributed by atoms with Crippen LogP contribution in [-0.4, -0.2) is 53.7 Å². The highest BCUT2D eigenvalue weighted by atomic mass is 35.5. The van der Waals surface area contributed by atoms with Crippen LogP contribution in [0.2, 0.25) is 10.0 Å². The maximum atomic E-state index is 12.4. The lowest BCUT2D eigenvalue weighted by Crippen LogP contribution is -2.41. The number of hydrogen-bond acceptors (Lipinski definition) is 7. The van der Waals surface area contributed by atoms with Crippen LogP contribution in [-0.2, 0) is 4.79 Å². The van der Waals surface area contributed by atoms with Gasteiger partial charge in [-0.15, -0.1) is 0 Å². The molecule has 1 saturated carbocycles. The molecule has 9 nitrogen and oxygen atoms in total. The second-order valence-corrected chi connectivity index (χ2v) is 10.5. The number of nitrogens with zero attached hydrogens (tertiary/aromatic N) is 3. The van der Waals surface area contributed by atoms with Crippen LogP contribution in [0.25, 0.3) is 11.4 Å². The van der Waals surface area contributed by atoms with E-state index in [-0.39, 0.29) is 36.8 Å². The van der Waals surface area contributed by atoms with Gasteiger partial charge in [0.25, 0.3) is 0 Å². The Hall–Kier alpha value is -3.14. The smallest absolute Gasteiger partial charge is 0.359 e. The third-order valence-corrected chi connectivity index (χ3v) is 7.05. The summed E-state index contributed by atoms with van der Waals surface area (Å²) >= 11 is 12.0. The molecule has 0 spiro atoms. The van der Waals surface area contributed by atoms with E-state index in [1.54, 1.807) is 18.2 Å². The zero-order chi connectivity index (χ0) is 27.1. The van der Waals surface area contributed by atoms with Gasteiger partial charge < -0.3 is 20.3 Å². The van der Waals surface area contributed by atoms with Crippen molar-refractivity contribution >= 4 is 35.2 Å². The van der Waals surface area contributed by atoms with Gasteiger partial charge in [-0.3, -0.25) is 9.32 Å². The zero-order valence-electron chi connectivity index (χ0n) is 21.3. The molecule has 0 saturated heterocycles. The number of ether oxygens (including phenoxy) is 1. The van der Waals surface area contributed by atoms with Crippen LogP contribution in [0.4, 0.5) is 4.79 Å². The standard InChI is InChI=1S/C27H31Cl2N5O4/c1-34(2)24(17-6-4-3-5-7-17)18-8-10-22(11-9-18)31-23(35)12-13-30-26(36)37-27-32-25(33-38-27)19-14-20(28)16-21(29)15-19/h3-7,14-16,18,22,24H,8-13H2,1-2H3,(H,30,36)(H,31,35). The molecule has 11 heteroatoms. The van der Waals surface area contributed by atoms with Crippen LogP contribution in [0.15, 0.2) is 53.1 Å². The Balaban J connectivity index is 1.17. The van der Waals surface area contributed by atoms with Gasteiger partial charge in [0.1, 0.15) is 0 Å². The van der Waals surface area contributed by atoms with Crippen LogP contribution < -0.4 is 15.4 Å². The Bertz CT molecular complexity index is 1210. The topological polar surface area (TPSA) is 110 Å². The van der Waals surface area contributed by atoms with Crippen molar-refractivity contribution in [3.05, 3.63) is 64.1 Å². The van der Waals surface area contributed by atoms with Gasteiger partial charge in [-0.1, -0.05) is 58.7 Å². The molecule has 202 valence electrons. The Kier molecular flexibility index (Phi) is 9.60. The van der Waals surface area contributed by atoms with Gasteiger partial charge in [-0.25, -0.2) is 4.79 Å². The number of carbonyl (C=O) groups is 2. The highest BCUT2D eigenvalue weighted by molar-refractivity contribution is 6.35. The third kappa shape index (κ3) is 7.69. The van der Waals surface area contributed by atoms with Crippen molar-refractivity contribution in [3.8, 4) is 17.5 Å². The minimum absolute atomic E-state index is 0.112. The van der Waals surface area contributed by atoms with Crippen molar-refractivity contribution in [1.29, 1.82) is 0 Å². The Labute approximate surface area is 231 Å². The number of hydrogen-bond donors (Lipinski definition) is 2. The predicted molar refractivity (Wildman–Crippen MR) is 145 cm³/mol. The monoisotopic (exact) mass is 559 g/mol. The molecule has 4 rings (SSSR count). The van der Waals surface area contributed by atoms with E-state index in [0.717, 1.165) is 25.7 Å². The second kappa shape index (κ2) is 13.1. The van der Waals surface area contributed by atoms with Gasteiger partial charge >= 0.3 is 12.2 Å². The Morgan fingerprint density at radius 1 is 1.08 bits per heavy atom. The summed E-state index contributed by atoms with van der Waals surface area (Å²) < 4.78 is 9.96. The van der Waals surface area contributed by atoms with Crippen molar-refractivity contribution in [2.45, 2.75) is 44.2 Å². The fourth-order valence-electron chi connectivity index (χ4n) is 4.97. The first-order valence-corrected chi connectivity index (χ1v) is 13.3. The molecule has 2 aromatic carbocycles. The molecule has 1 aliphatic rings. The van der Waals surface area contributed by atoms with E-state index in [9.17, 15) is 9.59 Å².